The van der Waals surface area contributed by atoms with Gasteiger partial charge in [0.05, 0.1) is 0 Å². The van der Waals surface area contributed by atoms with Gasteiger partial charge < -0.3 is 5.11 Å². The van der Waals surface area contributed by atoms with Gasteiger partial charge in [-0.3, -0.25) is 0 Å². The Morgan fingerprint density at radius 1 is 1.15 bits per heavy atom. The minimum absolute atomic E-state index is 0. The number of para-hydroxylation sites is 1. The molecule has 0 amide bonds. The fourth-order valence-corrected chi connectivity index (χ4v) is 1.26. The number of rotatable bonds is 0. The van der Waals surface area contributed by atoms with Gasteiger partial charge in [0.1, 0.15) is 5.75 Å². The summed E-state index contributed by atoms with van der Waals surface area (Å²) in [6.07, 6.45) is 0. The van der Waals surface area contributed by atoms with E-state index in [9.17, 15) is 5.11 Å². The second kappa shape index (κ2) is 3.82. The largest absolute Gasteiger partial charge is 0.507 e. The van der Waals surface area contributed by atoms with Crippen LogP contribution in [0.15, 0.2) is 18.2 Å². The molecule has 0 atom stereocenters. The first-order chi connectivity index (χ1) is 5.43. The summed E-state index contributed by atoms with van der Waals surface area (Å²) in [5, 5.41) is 9.73. The van der Waals surface area contributed by atoms with Gasteiger partial charge in [0.25, 0.3) is 0 Å². The molecule has 0 aliphatic rings. The maximum absolute atomic E-state index is 9.73. The molecule has 74 valence electrons. The molecular formula is C12H20O. The Labute approximate surface area is 81.4 Å². The molecule has 0 aromatic heterocycles. The van der Waals surface area contributed by atoms with Crippen LogP contribution < -0.4 is 0 Å². The van der Waals surface area contributed by atoms with Crippen LogP contribution in [0.25, 0.3) is 0 Å². The van der Waals surface area contributed by atoms with E-state index in [1.807, 2.05) is 25.1 Å². The standard InChI is InChI=1S/C11H16O.CH4/c1-8-6-5-7-9(10(8)12)11(2,3)4;/h5-7,12H,1-4H3;1H4. The zero-order chi connectivity index (χ0) is 9.35. The van der Waals surface area contributed by atoms with E-state index in [-0.39, 0.29) is 12.8 Å². The number of hydrogen-bond donors (Lipinski definition) is 1. The van der Waals surface area contributed by atoms with Crippen molar-refractivity contribution in [2.75, 3.05) is 0 Å². The lowest BCUT2D eigenvalue weighted by atomic mass is 9.85. The van der Waals surface area contributed by atoms with E-state index in [1.54, 1.807) is 0 Å². The lowest BCUT2D eigenvalue weighted by molar-refractivity contribution is 0.443. The van der Waals surface area contributed by atoms with Gasteiger partial charge in [0.15, 0.2) is 0 Å². The number of phenolic OH excluding ortho intramolecular Hbond substituents is 1. The van der Waals surface area contributed by atoms with Gasteiger partial charge in [-0.1, -0.05) is 46.4 Å². The number of phenols is 1. The van der Waals surface area contributed by atoms with Crippen molar-refractivity contribution in [2.24, 2.45) is 0 Å². The van der Waals surface area contributed by atoms with Crippen LogP contribution >= 0.6 is 0 Å². The first-order valence-electron chi connectivity index (χ1n) is 4.22. The van der Waals surface area contributed by atoms with Gasteiger partial charge in [-0.05, 0) is 23.5 Å². The second-order valence-electron chi connectivity index (χ2n) is 4.22. The minimum Gasteiger partial charge on any atom is -0.507 e. The molecule has 0 spiro atoms. The highest BCUT2D eigenvalue weighted by Gasteiger charge is 2.17. The van der Waals surface area contributed by atoms with E-state index < -0.39 is 0 Å². The van der Waals surface area contributed by atoms with E-state index in [0.717, 1.165) is 11.1 Å². The van der Waals surface area contributed by atoms with Crippen molar-refractivity contribution in [2.45, 2.75) is 40.5 Å². The van der Waals surface area contributed by atoms with Crippen molar-refractivity contribution >= 4 is 0 Å². The number of aryl methyl sites for hydroxylation is 1. The third kappa shape index (κ3) is 2.48. The van der Waals surface area contributed by atoms with Crippen LogP contribution in [0.2, 0.25) is 0 Å². The summed E-state index contributed by atoms with van der Waals surface area (Å²) in [7, 11) is 0. The minimum atomic E-state index is 0. The van der Waals surface area contributed by atoms with Crippen molar-refractivity contribution in [1.29, 1.82) is 0 Å². The highest BCUT2D eigenvalue weighted by Crippen LogP contribution is 2.32. The van der Waals surface area contributed by atoms with Crippen molar-refractivity contribution in [3.8, 4) is 5.75 Å². The van der Waals surface area contributed by atoms with Crippen LogP contribution in [0.5, 0.6) is 5.75 Å². The molecule has 1 heteroatoms. The van der Waals surface area contributed by atoms with E-state index in [1.165, 1.54) is 0 Å². The van der Waals surface area contributed by atoms with Crippen LogP contribution in [0.3, 0.4) is 0 Å². The van der Waals surface area contributed by atoms with Gasteiger partial charge in [-0.15, -0.1) is 0 Å². The molecule has 0 saturated heterocycles. The Balaban J connectivity index is 0.00000144. The van der Waals surface area contributed by atoms with Gasteiger partial charge in [-0.25, -0.2) is 0 Å². The number of aromatic hydroxyl groups is 1. The zero-order valence-electron chi connectivity index (χ0n) is 8.18. The summed E-state index contributed by atoms with van der Waals surface area (Å²) in [5.41, 5.74) is 1.99. The van der Waals surface area contributed by atoms with Gasteiger partial charge in [0.2, 0.25) is 0 Å². The summed E-state index contributed by atoms with van der Waals surface area (Å²) in [6.45, 7) is 8.22. The number of hydrogen-bond acceptors (Lipinski definition) is 1. The second-order valence-corrected chi connectivity index (χ2v) is 4.22. The molecule has 1 nitrogen and oxygen atoms in total. The molecule has 0 aliphatic heterocycles. The van der Waals surface area contributed by atoms with Gasteiger partial charge in [-0.2, -0.15) is 0 Å². The monoisotopic (exact) mass is 180 g/mol. The normalized spacial score (nSPS) is 10.8. The SMILES string of the molecule is C.Cc1cccc(C(C)(C)C)c1O. The first kappa shape index (κ1) is 12.0. The van der Waals surface area contributed by atoms with E-state index in [4.69, 9.17) is 0 Å². The third-order valence-corrected chi connectivity index (χ3v) is 2.05. The van der Waals surface area contributed by atoms with Crippen molar-refractivity contribution in [3.05, 3.63) is 29.3 Å². The maximum Gasteiger partial charge on any atom is 0.122 e. The lowest BCUT2D eigenvalue weighted by Crippen LogP contribution is -2.11. The van der Waals surface area contributed by atoms with E-state index >= 15 is 0 Å². The van der Waals surface area contributed by atoms with Crippen molar-refractivity contribution in [3.63, 3.8) is 0 Å². The summed E-state index contributed by atoms with van der Waals surface area (Å²) in [4.78, 5) is 0. The molecule has 1 N–H and O–H groups in total. The van der Waals surface area contributed by atoms with Crippen LogP contribution in [-0.4, -0.2) is 5.11 Å². The third-order valence-electron chi connectivity index (χ3n) is 2.05. The molecule has 1 aromatic rings. The van der Waals surface area contributed by atoms with Gasteiger partial charge >= 0.3 is 0 Å². The quantitative estimate of drug-likeness (QED) is 0.646. The predicted molar refractivity (Wildman–Crippen MR) is 58.3 cm³/mol. The van der Waals surface area contributed by atoms with Crippen LogP contribution in [-0.2, 0) is 5.41 Å². The Hall–Kier alpha value is -0.980. The first-order valence-corrected chi connectivity index (χ1v) is 4.22. The summed E-state index contributed by atoms with van der Waals surface area (Å²) in [6, 6.07) is 5.88. The average molecular weight is 180 g/mol. The van der Waals surface area contributed by atoms with E-state index in [2.05, 4.69) is 20.8 Å². The molecule has 0 radical (unpaired) electrons. The maximum atomic E-state index is 9.73. The highest BCUT2D eigenvalue weighted by molar-refractivity contribution is 5.43. The van der Waals surface area contributed by atoms with Crippen molar-refractivity contribution in [1.82, 2.24) is 0 Å². The molecule has 0 unspecified atom stereocenters. The predicted octanol–water partition coefficient (Wildman–Crippen LogP) is 3.63. The fourth-order valence-electron chi connectivity index (χ4n) is 1.26. The molecule has 1 rings (SSSR count). The molecule has 0 aliphatic carbocycles. The molecule has 0 saturated carbocycles. The number of benzene rings is 1. The smallest absolute Gasteiger partial charge is 0.122 e. The molecule has 13 heavy (non-hydrogen) atoms. The van der Waals surface area contributed by atoms with Crippen LogP contribution in [0, 0.1) is 6.92 Å². The lowest BCUT2D eigenvalue weighted by Gasteiger charge is -2.20. The molecule has 0 bridgehead atoms. The molecule has 0 heterocycles. The molecule has 1 aromatic carbocycles. The summed E-state index contributed by atoms with van der Waals surface area (Å²) >= 11 is 0. The zero-order valence-corrected chi connectivity index (χ0v) is 8.18. The molecular weight excluding hydrogens is 160 g/mol. The summed E-state index contributed by atoms with van der Waals surface area (Å²) < 4.78 is 0. The Morgan fingerprint density at radius 2 is 1.69 bits per heavy atom. The van der Waals surface area contributed by atoms with Crippen LogP contribution in [0.4, 0.5) is 0 Å². The Bertz CT molecular complexity index is 282. The summed E-state index contributed by atoms with van der Waals surface area (Å²) in [5.74, 6) is 0.435. The highest BCUT2D eigenvalue weighted by atomic mass is 16.3. The topological polar surface area (TPSA) is 20.2 Å². The molecule has 0 fully saturated rings. The fraction of sp³-hybridized carbons (Fsp3) is 0.500. The van der Waals surface area contributed by atoms with Gasteiger partial charge in [0, 0.05) is 0 Å². The average Bonchev–Trinajstić information content (AvgIpc) is 1.92. The van der Waals surface area contributed by atoms with Crippen molar-refractivity contribution < 1.29 is 5.11 Å². The van der Waals surface area contributed by atoms with E-state index in [0.29, 0.717) is 5.75 Å². The van der Waals surface area contributed by atoms with Crippen LogP contribution in [0.1, 0.15) is 39.3 Å². The Morgan fingerprint density at radius 3 is 2.08 bits per heavy atom. The Kier molecular flexibility index (Phi) is 3.53.